The Balaban J connectivity index is 1.78. The topological polar surface area (TPSA) is 69.7 Å². The van der Waals surface area contributed by atoms with Crippen LogP contribution in [-0.2, 0) is 20.4 Å². The van der Waals surface area contributed by atoms with Gasteiger partial charge in [-0.3, -0.25) is 4.79 Å². The van der Waals surface area contributed by atoms with E-state index in [1.54, 1.807) is 36.2 Å². The van der Waals surface area contributed by atoms with Gasteiger partial charge in [-0.05, 0) is 42.9 Å². The maximum Gasteiger partial charge on any atom is 0.266 e. The van der Waals surface area contributed by atoms with Crippen molar-refractivity contribution >= 4 is 38.9 Å². The number of carbonyl (C=O) groups excluding carboxylic acids is 1. The van der Waals surface area contributed by atoms with Crippen LogP contribution in [0.15, 0.2) is 83.8 Å². The Morgan fingerprint density at radius 3 is 2.25 bits per heavy atom. The molecule has 162 valence electrons. The molecular formula is C24H21N3O3S2. The first kappa shape index (κ1) is 20.7. The summed E-state index contributed by atoms with van der Waals surface area (Å²) < 4.78 is 28.9. The lowest BCUT2D eigenvalue weighted by molar-refractivity contribution is -0.124. The number of carbonyl (C=O) groups is 1. The number of hydrogen-bond donors (Lipinski definition) is 1. The Kier molecular flexibility index (Phi) is 4.61. The van der Waals surface area contributed by atoms with E-state index < -0.39 is 21.6 Å². The number of anilines is 1. The van der Waals surface area contributed by atoms with Gasteiger partial charge in [0.25, 0.3) is 15.9 Å². The van der Waals surface area contributed by atoms with Gasteiger partial charge in [-0.15, -0.1) is 0 Å². The van der Waals surface area contributed by atoms with E-state index in [1.807, 2.05) is 61.5 Å². The molecule has 1 fully saturated rings. The van der Waals surface area contributed by atoms with E-state index in [4.69, 9.17) is 12.2 Å². The predicted octanol–water partition coefficient (Wildman–Crippen LogP) is 3.49. The number of para-hydroxylation sites is 1. The lowest BCUT2D eigenvalue weighted by atomic mass is 9.81. The van der Waals surface area contributed by atoms with Gasteiger partial charge >= 0.3 is 0 Å². The number of fused-ring (bicyclic) bond motifs is 2. The summed E-state index contributed by atoms with van der Waals surface area (Å²) in [4.78, 5) is 15.4. The van der Waals surface area contributed by atoms with E-state index >= 15 is 0 Å². The predicted molar refractivity (Wildman–Crippen MR) is 127 cm³/mol. The normalized spacial score (nSPS) is 22.4. The van der Waals surface area contributed by atoms with E-state index in [0.717, 1.165) is 11.3 Å². The number of likely N-dealkylation sites (N-methyl/N-ethyl adjacent to an activating group) is 1. The van der Waals surface area contributed by atoms with Crippen molar-refractivity contribution in [3.05, 3.63) is 95.6 Å². The number of sulfonamides is 1. The molecule has 2 aliphatic rings. The van der Waals surface area contributed by atoms with Crippen LogP contribution in [0.3, 0.4) is 0 Å². The third-order valence-electron chi connectivity index (χ3n) is 6.17. The lowest BCUT2D eigenvalue weighted by Gasteiger charge is -2.33. The molecule has 0 unspecified atom stereocenters. The third-order valence-corrected chi connectivity index (χ3v) is 8.37. The monoisotopic (exact) mass is 463 g/mol. The molecule has 2 atom stereocenters. The number of benzene rings is 3. The van der Waals surface area contributed by atoms with Crippen molar-refractivity contribution in [2.75, 3.05) is 11.9 Å². The van der Waals surface area contributed by atoms with Crippen molar-refractivity contribution in [3.8, 4) is 0 Å². The van der Waals surface area contributed by atoms with Crippen molar-refractivity contribution in [1.29, 1.82) is 0 Å². The molecule has 0 aliphatic carbocycles. The second-order valence-corrected chi connectivity index (χ2v) is 10.2. The fraction of sp³-hybridized carbons (Fsp3) is 0.167. The summed E-state index contributed by atoms with van der Waals surface area (Å²) in [5.74, 6) is -0.253. The first-order chi connectivity index (χ1) is 15.3. The van der Waals surface area contributed by atoms with E-state index in [9.17, 15) is 13.2 Å². The van der Waals surface area contributed by atoms with E-state index in [0.29, 0.717) is 11.1 Å². The van der Waals surface area contributed by atoms with Crippen LogP contribution >= 0.6 is 12.2 Å². The molecule has 8 heteroatoms. The molecule has 5 rings (SSSR count). The molecule has 2 aliphatic heterocycles. The maximum absolute atomic E-state index is 13.9. The van der Waals surface area contributed by atoms with Crippen LogP contribution in [0.1, 0.15) is 22.7 Å². The molecule has 32 heavy (non-hydrogen) atoms. The zero-order valence-electron chi connectivity index (χ0n) is 17.5. The highest BCUT2D eigenvalue weighted by molar-refractivity contribution is 7.91. The van der Waals surface area contributed by atoms with Gasteiger partial charge in [0.15, 0.2) is 10.7 Å². The molecule has 0 bridgehead atoms. The minimum absolute atomic E-state index is 0.00196. The average Bonchev–Trinajstić information content (AvgIpc) is 3.23. The largest absolute Gasteiger partial charge is 0.342 e. The number of nitrogens with one attached hydrogen (secondary N) is 1. The number of nitrogens with zero attached hydrogens (tertiary/aromatic N) is 2. The summed E-state index contributed by atoms with van der Waals surface area (Å²) in [5.41, 5.74) is 1.69. The van der Waals surface area contributed by atoms with Gasteiger partial charge < -0.3 is 10.2 Å². The zero-order chi connectivity index (χ0) is 22.7. The lowest BCUT2D eigenvalue weighted by Crippen LogP contribution is -2.50. The summed E-state index contributed by atoms with van der Waals surface area (Å²) in [6, 6.07) is 22.3. The molecule has 3 aromatic rings. The van der Waals surface area contributed by atoms with Gasteiger partial charge in [0.1, 0.15) is 6.04 Å². The Morgan fingerprint density at radius 1 is 0.938 bits per heavy atom. The molecule has 1 saturated heterocycles. The fourth-order valence-electron chi connectivity index (χ4n) is 4.65. The quantitative estimate of drug-likeness (QED) is 0.603. The van der Waals surface area contributed by atoms with Crippen molar-refractivity contribution in [1.82, 2.24) is 9.62 Å². The zero-order valence-corrected chi connectivity index (χ0v) is 19.2. The molecule has 0 aromatic heterocycles. The standard InChI is InChI=1S/C24H21N3O3S2/c1-16-12-14-18(15-13-16)32(29,30)27-21(17-8-4-3-5-9-17)24(25-23(27)31)19-10-6-7-11-20(19)26(2)22(24)28/h3-15,21H,1-2H3,(H,25,31)/t21-,24+/m1/s1. The van der Waals surface area contributed by atoms with E-state index in [2.05, 4.69) is 5.32 Å². The first-order valence-electron chi connectivity index (χ1n) is 10.1. The van der Waals surface area contributed by atoms with Crippen LogP contribution in [-0.4, -0.2) is 30.8 Å². The summed E-state index contributed by atoms with van der Waals surface area (Å²) in [6.07, 6.45) is 0. The minimum Gasteiger partial charge on any atom is -0.342 e. The van der Waals surface area contributed by atoms with Crippen molar-refractivity contribution < 1.29 is 13.2 Å². The SMILES string of the molecule is Cc1ccc(S(=O)(=O)N2C(=S)N[C@]3(C(=O)N(C)c4ccccc43)[C@H]2c2ccccc2)cc1. The van der Waals surface area contributed by atoms with Gasteiger partial charge in [0.2, 0.25) is 0 Å². The summed E-state index contributed by atoms with van der Waals surface area (Å²) >= 11 is 5.59. The molecule has 6 nitrogen and oxygen atoms in total. The summed E-state index contributed by atoms with van der Waals surface area (Å²) in [5, 5.41) is 3.14. The van der Waals surface area contributed by atoms with Crippen LogP contribution in [0.2, 0.25) is 0 Å². The first-order valence-corrected chi connectivity index (χ1v) is 12.0. The molecule has 3 aromatic carbocycles. The Hall–Kier alpha value is -3.23. The highest BCUT2D eigenvalue weighted by atomic mass is 32.2. The Bertz CT molecular complexity index is 1340. The molecular weight excluding hydrogens is 442 g/mol. The Morgan fingerprint density at radius 2 is 1.56 bits per heavy atom. The molecule has 1 N–H and O–H groups in total. The van der Waals surface area contributed by atoms with Gasteiger partial charge in [0.05, 0.1) is 4.90 Å². The average molecular weight is 464 g/mol. The number of amides is 1. The van der Waals surface area contributed by atoms with Gasteiger partial charge in [-0.1, -0.05) is 66.2 Å². The molecule has 1 spiro atoms. The van der Waals surface area contributed by atoms with Crippen LogP contribution in [0.5, 0.6) is 0 Å². The minimum atomic E-state index is -4.05. The van der Waals surface area contributed by atoms with Gasteiger partial charge in [-0.2, -0.15) is 0 Å². The maximum atomic E-state index is 13.9. The summed E-state index contributed by atoms with van der Waals surface area (Å²) in [6.45, 7) is 1.89. The van der Waals surface area contributed by atoms with Crippen molar-refractivity contribution in [2.24, 2.45) is 0 Å². The highest BCUT2D eigenvalue weighted by Gasteiger charge is 2.64. The van der Waals surface area contributed by atoms with E-state index in [-0.39, 0.29) is 15.9 Å². The van der Waals surface area contributed by atoms with Crippen molar-refractivity contribution in [3.63, 3.8) is 0 Å². The van der Waals surface area contributed by atoms with Gasteiger partial charge in [0, 0.05) is 18.3 Å². The number of aryl methyl sites for hydroxylation is 1. The Labute approximate surface area is 192 Å². The summed E-state index contributed by atoms with van der Waals surface area (Å²) in [7, 11) is -2.36. The van der Waals surface area contributed by atoms with Gasteiger partial charge in [-0.25, -0.2) is 12.7 Å². The number of hydrogen-bond acceptors (Lipinski definition) is 4. The van der Waals surface area contributed by atoms with Crippen molar-refractivity contribution in [2.45, 2.75) is 23.4 Å². The number of rotatable bonds is 3. The van der Waals surface area contributed by atoms with Crippen LogP contribution < -0.4 is 10.2 Å². The third kappa shape index (κ3) is 2.73. The second kappa shape index (κ2) is 7.15. The van der Waals surface area contributed by atoms with Crippen LogP contribution in [0.25, 0.3) is 0 Å². The molecule has 2 heterocycles. The van der Waals surface area contributed by atoms with E-state index in [1.165, 1.54) is 4.31 Å². The molecule has 0 saturated carbocycles. The smallest absolute Gasteiger partial charge is 0.266 e. The fourth-order valence-corrected chi connectivity index (χ4v) is 6.74. The van der Waals surface area contributed by atoms with Crippen LogP contribution in [0, 0.1) is 6.92 Å². The highest BCUT2D eigenvalue weighted by Crippen LogP contribution is 2.53. The van der Waals surface area contributed by atoms with Crippen LogP contribution in [0.4, 0.5) is 5.69 Å². The second-order valence-electron chi connectivity index (χ2n) is 8.05. The molecule has 0 radical (unpaired) electrons. The molecule has 1 amide bonds. The number of thiocarbonyl (C=S) groups is 1.